The van der Waals surface area contributed by atoms with E-state index in [9.17, 15) is 8.78 Å². The van der Waals surface area contributed by atoms with Gasteiger partial charge in [0.2, 0.25) is 0 Å². The van der Waals surface area contributed by atoms with E-state index in [2.05, 4.69) is 19.2 Å². The first kappa shape index (κ1) is 15.1. The lowest BCUT2D eigenvalue weighted by Crippen LogP contribution is -2.21. The van der Waals surface area contributed by atoms with E-state index in [0.29, 0.717) is 23.2 Å². The second-order valence-corrected chi connectivity index (χ2v) is 5.82. The molecule has 0 aliphatic carbocycles. The summed E-state index contributed by atoms with van der Waals surface area (Å²) in [7, 11) is 0. The number of thioether (sulfide) groups is 1. The highest BCUT2D eigenvalue weighted by Gasteiger charge is 2.06. The van der Waals surface area contributed by atoms with Crippen LogP contribution in [0.4, 0.5) is 8.78 Å². The minimum Gasteiger partial charge on any atom is -0.464 e. The molecule has 0 unspecified atom stereocenters. The lowest BCUT2D eigenvalue weighted by molar-refractivity contribution is 0.445. The number of furan rings is 1. The molecule has 0 atom stereocenters. The van der Waals surface area contributed by atoms with Crippen molar-refractivity contribution in [2.45, 2.75) is 37.1 Å². The highest BCUT2D eigenvalue weighted by molar-refractivity contribution is 7.98. The van der Waals surface area contributed by atoms with Crippen LogP contribution >= 0.6 is 11.8 Å². The van der Waals surface area contributed by atoms with Crippen molar-refractivity contribution in [3.05, 3.63) is 53.5 Å². The molecule has 2 nitrogen and oxygen atoms in total. The average molecular weight is 297 g/mol. The van der Waals surface area contributed by atoms with Crippen LogP contribution in [0, 0.1) is 11.6 Å². The van der Waals surface area contributed by atoms with Gasteiger partial charge in [0.1, 0.15) is 11.5 Å². The Balaban J connectivity index is 1.89. The Morgan fingerprint density at radius 3 is 2.55 bits per heavy atom. The summed E-state index contributed by atoms with van der Waals surface area (Å²) in [4.78, 5) is 0.683. The summed E-state index contributed by atoms with van der Waals surface area (Å²) >= 11 is 1.41. The van der Waals surface area contributed by atoms with E-state index in [1.165, 1.54) is 17.8 Å². The molecule has 1 heterocycles. The predicted molar refractivity (Wildman–Crippen MR) is 76.6 cm³/mol. The SMILES string of the molecule is CC(C)NCc1ccc(CSc2ccc(F)c(F)c2)o1. The van der Waals surface area contributed by atoms with Crippen LogP contribution in [-0.4, -0.2) is 6.04 Å². The third-order valence-corrected chi connectivity index (χ3v) is 3.69. The molecule has 0 spiro atoms. The van der Waals surface area contributed by atoms with E-state index in [0.717, 1.165) is 17.6 Å². The van der Waals surface area contributed by atoms with Crippen molar-refractivity contribution in [2.75, 3.05) is 0 Å². The van der Waals surface area contributed by atoms with Gasteiger partial charge in [-0.05, 0) is 30.3 Å². The van der Waals surface area contributed by atoms with Gasteiger partial charge in [0.15, 0.2) is 11.6 Å². The van der Waals surface area contributed by atoms with Crippen LogP contribution in [0.2, 0.25) is 0 Å². The highest BCUT2D eigenvalue weighted by atomic mass is 32.2. The zero-order chi connectivity index (χ0) is 14.5. The Kier molecular flexibility index (Phi) is 5.20. The molecule has 0 amide bonds. The quantitative estimate of drug-likeness (QED) is 0.803. The maximum atomic E-state index is 13.1. The molecule has 0 fully saturated rings. The third-order valence-electron chi connectivity index (χ3n) is 2.67. The first-order chi connectivity index (χ1) is 9.54. The molecular weight excluding hydrogens is 280 g/mol. The minimum absolute atomic E-state index is 0.403. The fraction of sp³-hybridized carbons (Fsp3) is 0.333. The first-order valence-corrected chi connectivity index (χ1v) is 7.42. The largest absolute Gasteiger partial charge is 0.464 e. The van der Waals surface area contributed by atoms with Crippen molar-refractivity contribution in [2.24, 2.45) is 0 Å². The van der Waals surface area contributed by atoms with Crippen LogP contribution in [0.1, 0.15) is 25.4 Å². The van der Waals surface area contributed by atoms with Gasteiger partial charge in [-0.25, -0.2) is 8.78 Å². The van der Waals surface area contributed by atoms with Gasteiger partial charge < -0.3 is 9.73 Å². The molecule has 0 saturated carbocycles. The van der Waals surface area contributed by atoms with Gasteiger partial charge in [-0.2, -0.15) is 0 Å². The second-order valence-electron chi connectivity index (χ2n) is 4.77. The molecule has 0 bridgehead atoms. The summed E-state index contributed by atoms with van der Waals surface area (Å²) in [5.74, 6) is 0.637. The smallest absolute Gasteiger partial charge is 0.159 e. The normalized spacial score (nSPS) is 11.2. The molecule has 0 radical (unpaired) electrons. The van der Waals surface area contributed by atoms with E-state index in [1.54, 1.807) is 6.07 Å². The standard InChI is InChI=1S/C15H17F2NOS/c1-10(2)18-8-11-3-4-12(19-11)9-20-13-5-6-14(16)15(17)7-13/h3-7,10,18H,8-9H2,1-2H3. The van der Waals surface area contributed by atoms with Gasteiger partial charge in [-0.3, -0.25) is 0 Å². The van der Waals surface area contributed by atoms with Crippen molar-refractivity contribution in [3.63, 3.8) is 0 Å². The maximum absolute atomic E-state index is 13.1. The molecule has 1 aromatic heterocycles. The Labute approximate surface area is 121 Å². The van der Waals surface area contributed by atoms with Crippen LogP contribution in [0.25, 0.3) is 0 Å². The molecule has 0 saturated heterocycles. The summed E-state index contributed by atoms with van der Waals surface area (Å²) < 4.78 is 31.5. The lowest BCUT2D eigenvalue weighted by atomic mass is 10.3. The zero-order valence-corrected chi connectivity index (χ0v) is 12.3. The molecule has 20 heavy (non-hydrogen) atoms. The summed E-state index contributed by atoms with van der Waals surface area (Å²) in [6.07, 6.45) is 0. The van der Waals surface area contributed by atoms with Crippen LogP contribution < -0.4 is 5.32 Å². The Bertz CT molecular complexity index is 569. The van der Waals surface area contributed by atoms with Crippen molar-refractivity contribution in [1.82, 2.24) is 5.32 Å². The number of hydrogen-bond acceptors (Lipinski definition) is 3. The van der Waals surface area contributed by atoms with E-state index in [-0.39, 0.29) is 0 Å². The first-order valence-electron chi connectivity index (χ1n) is 6.43. The molecule has 2 rings (SSSR count). The Morgan fingerprint density at radius 2 is 1.85 bits per heavy atom. The van der Waals surface area contributed by atoms with Gasteiger partial charge in [0.05, 0.1) is 12.3 Å². The number of halogens is 2. The van der Waals surface area contributed by atoms with Gasteiger partial charge >= 0.3 is 0 Å². The molecule has 108 valence electrons. The minimum atomic E-state index is -0.825. The molecule has 1 N–H and O–H groups in total. The fourth-order valence-corrected chi connectivity index (χ4v) is 2.44. The summed E-state index contributed by atoms with van der Waals surface area (Å²) in [5.41, 5.74) is 0. The highest BCUT2D eigenvalue weighted by Crippen LogP contribution is 2.25. The van der Waals surface area contributed by atoms with Crippen LogP contribution in [0.5, 0.6) is 0 Å². The van der Waals surface area contributed by atoms with Crippen molar-refractivity contribution in [1.29, 1.82) is 0 Å². The Hall–Kier alpha value is -1.33. The monoisotopic (exact) mass is 297 g/mol. The number of benzene rings is 1. The molecule has 5 heteroatoms. The number of nitrogens with one attached hydrogen (secondary N) is 1. The molecule has 2 aromatic rings. The molecule has 0 aliphatic heterocycles. The molecule has 0 aliphatic rings. The van der Waals surface area contributed by atoms with Crippen molar-refractivity contribution >= 4 is 11.8 Å². The predicted octanol–water partition coefficient (Wildman–Crippen LogP) is 4.35. The fourth-order valence-electron chi connectivity index (χ4n) is 1.62. The van der Waals surface area contributed by atoms with Crippen LogP contribution in [0.3, 0.4) is 0 Å². The van der Waals surface area contributed by atoms with Gasteiger partial charge in [-0.1, -0.05) is 13.8 Å². The Morgan fingerprint density at radius 1 is 1.10 bits per heavy atom. The van der Waals surface area contributed by atoms with Gasteiger partial charge in [0, 0.05) is 10.9 Å². The number of hydrogen-bond donors (Lipinski definition) is 1. The van der Waals surface area contributed by atoms with Crippen LogP contribution in [-0.2, 0) is 12.3 Å². The van der Waals surface area contributed by atoms with Crippen molar-refractivity contribution in [3.8, 4) is 0 Å². The lowest BCUT2D eigenvalue weighted by Gasteiger charge is -2.05. The topological polar surface area (TPSA) is 25.2 Å². The molecule has 1 aromatic carbocycles. The molecular formula is C15H17F2NOS. The van der Waals surface area contributed by atoms with Crippen molar-refractivity contribution < 1.29 is 13.2 Å². The van der Waals surface area contributed by atoms with Gasteiger partial charge in [0.25, 0.3) is 0 Å². The van der Waals surface area contributed by atoms with E-state index in [4.69, 9.17) is 4.42 Å². The van der Waals surface area contributed by atoms with Crippen LogP contribution in [0.15, 0.2) is 39.6 Å². The summed E-state index contributed by atoms with van der Waals surface area (Å²) in [6, 6.07) is 8.13. The van der Waals surface area contributed by atoms with E-state index >= 15 is 0 Å². The third kappa shape index (κ3) is 4.35. The van der Waals surface area contributed by atoms with Gasteiger partial charge in [-0.15, -0.1) is 11.8 Å². The zero-order valence-electron chi connectivity index (χ0n) is 11.5. The summed E-state index contributed by atoms with van der Waals surface area (Å²) in [6.45, 7) is 4.83. The average Bonchev–Trinajstić information content (AvgIpc) is 2.86. The summed E-state index contributed by atoms with van der Waals surface area (Å²) in [5, 5.41) is 3.27. The number of rotatable bonds is 6. The van der Waals surface area contributed by atoms with E-state index in [1.807, 2.05) is 12.1 Å². The van der Waals surface area contributed by atoms with E-state index < -0.39 is 11.6 Å². The maximum Gasteiger partial charge on any atom is 0.159 e. The second kappa shape index (κ2) is 6.90.